The van der Waals surface area contributed by atoms with E-state index in [1.165, 1.54) is 0 Å². The lowest BCUT2D eigenvalue weighted by atomic mass is 10.1. The summed E-state index contributed by atoms with van der Waals surface area (Å²) in [5, 5.41) is 0. The Labute approximate surface area is 73.1 Å². The molecular weight excluding hydrogens is 148 g/mol. The summed E-state index contributed by atoms with van der Waals surface area (Å²) < 4.78 is 0. The van der Waals surface area contributed by atoms with Crippen molar-refractivity contribution in [2.75, 3.05) is 0 Å². The minimum Gasteiger partial charge on any atom is -0.323 e. The Morgan fingerprint density at radius 1 is 1.75 bits per heavy atom. The van der Waals surface area contributed by atoms with Crippen LogP contribution in [-0.2, 0) is 0 Å². The van der Waals surface area contributed by atoms with E-state index < -0.39 is 0 Å². The molecule has 0 aromatic carbocycles. The van der Waals surface area contributed by atoms with E-state index in [2.05, 4.69) is 11.6 Å². The van der Waals surface area contributed by atoms with E-state index in [-0.39, 0.29) is 6.04 Å². The van der Waals surface area contributed by atoms with Crippen LogP contribution in [0.2, 0.25) is 0 Å². The molecule has 0 bridgehead atoms. The number of aromatic nitrogens is 1. The number of pyridine rings is 1. The maximum atomic E-state index is 5.86. The summed E-state index contributed by atoms with van der Waals surface area (Å²) in [4.78, 5) is 4.22. The van der Waals surface area contributed by atoms with E-state index in [1.807, 2.05) is 19.1 Å². The molecule has 2 heteroatoms. The van der Waals surface area contributed by atoms with Gasteiger partial charge in [0.1, 0.15) is 0 Å². The number of rotatable bonds is 3. The number of nitrogens with zero attached hydrogens (tertiary/aromatic N) is 1. The summed E-state index contributed by atoms with van der Waals surface area (Å²) >= 11 is 0. The second-order valence-electron chi connectivity index (χ2n) is 2.70. The number of hydrogen-bond acceptors (Lipinski definition) is 2. The first-order valence-corrected chi connectivity index (χ1v) is 4.12. The second kappa shape index (κ2) is 4.02. The molecule has 0 radical (unpaired) electrons. The molecule has 1 atom stereocenters. The van der Waals surface area contributed by atoms with Crippen LogP contribution in [0.25, 0.3) is 6.08 Å². The Morgan fingerprint density at radius 2 is 2.50 bits per heavy atom. The fraction of sp³-hybridized carbons (Fsp3) is 0.300. The van der Waals surface area contributed by atoms with Gasteiger partial charge in [-0.1, -0.05) is 25.6 Å². The fourth-order valence-corrected chi connectivity index (χ4v) is 1.11. The molecule has 0 unspecified atom stereocenters. The van der Waals surface area contributed by atoms with Gasteiger partial charge in [-0.3, -0.25) is 4.98 Å². The molecule has 1 heterocycles. The third-order valence-corrected chi connectivity index (χ3v) is 1.88. The minimum absolute atomic E-state index is 0.0270. The molecule has 0 spiro atoms. The second-order valence-corrected chi connectivity index (χ2v) is 2.70. The van der Waals surface area contributed by atoms with Gasteiger partial charge in [0.15, 0.2) is 0 Å². The summed E-state index contributed by atoms with van der Waals surface area (Å²) in [5.74, 6) is 0. The SMILES string of the molecule is C=Cc1cccnc1[C@H](N)CC. The standard InChI is InChI=1S/C10H14N2/c1-3-8-6-5-7-12-10(8)9(11)4-2/h3,5-7,9H,1,4,11H2,2H3/t9-/m1/s1. The predicted molar refractivity (Wildman–Crippen MR) is 51.5 cm³/mol. The van der Waals surface area contributed by atoms with Crippen molar-refractivity contribution in [1.82, 2.24) is 4.98 Å². The first-order valence-electron chi connectivity index (χ1n) is 4.12. The molecule has 12 heavy (non-hydrogen) atoms. The van der Waals surface area contributed by atoms with Gasteiger partial charge in [-0.05, 0) is 18.1 Å². The highest BCUT2D eigenvalue weighted by Gasteiger charge is 2.07. The number of nitrogens with two attached hydrogens (primary N) is 1. The third kappa shape index (κ3) is 1.71. The van der Waals surface area contributed by atoms with Crippen molar-refractivity contribution in [2.45, 2.75) is 19.4 Å². The van der Waals surface area contributed by atoms with Crippen molar-refractivity contribution in [1.29, 1.82) is 0 Å². The van der Waals surface area contributed by atoms with Gasteiger partial charge in [-0.2, -0.15) is 0 Å². The fourth-order valence-electron chi connectivity index (χ4n) is 1.11. The molecule has 2 N–H and O–H groups in total. The van der Waals surface area contributed by atoms with E-state index >= 15 is 0 Å². The highest BCUT2D eigenvalue weighted by Crippen LogP contribution is 2.16. The topological polar surface area (TPSA) is 38.9 Å². The first-order chi connectivity index (χ1) is 5.79. The lowest BCUT2D eigenvalue weighted by molar-refractivity contribution is 0.674. The molecule has 0 saturated carbocycles. The lowest BCUT2D eigenvalue weighted by Gasteiger charge is -2.10. The van der Waals surface area contributed by atoms with Gasteiger partial charge < -0.3 is 5.73 Å². The van der Waals surface area contributed by atoms with Crippen LogP contribution in [0.1, 0.15) is 30.6 Å². The summed E-state index contributed by atoms with van der Waals surface area (Å²) in [6.07, 6.45) is 4.45. The number of hydrogen-bond donors (Lipinski definition) is 1. The zero-order valence-electron chi connectivity index (χ0n) is 7.33. The maximum Gasteiger partial charge on any atom is 0.0642 e. The van der Waals surface area contributed by atoms with E-state index in [4.69, 9.17) is 5.73 Å². The average molecular weight is 162 g/mol. The lowest BCUT2D eigenvalue weighted by Crippen LogP contribution is -2.11. The summed E-state index contributed by atoms with van der Waals surface area (Å²) in [6, 6.07) is 3.90. The van der Waals surface area contributed by atoms with Crippen LogP contribution in [0.15, 0.2) is 24.9 Å². The van der Waals surface area contributed by atoms with Gasteiger partial charge in [-0.15, -0.1) is 0 Å². The van der Waals surface area contributed by atoms with Crippen LogP contribution in [-0.4, -0.2) is 4.98 Å². The molecule has 0 aliphatic carbocycles. The van der Waals surface area contributed by atoms with Crippen LogP contribution >= 0.6 is 0 Å². The quantitative estimate of drug-likeness (QED) is 0.739. The Balaban J connectivity index is 3.04. The van der Waals surface area contributed by atoms with Gasteiger partial charge in [0.2, 0.25) is 0 Å². The molecular formula is C10H14N2. The smallest absolute Gasteiger partial charge is 0.0642 e. The monoisotopic (exact) mass is 162 g/mol. The molecule has 64 valence electrons. The van der Waals surface area contributed by atoms with E-state index in [0.29, 0.717) is 0 Å². The van der Waals surface area contributed by atoms with Crippen LogP contribution in [0.3, 0.4) is 0 Å². The van der Waals surface area contributed by atoms with E-state index in [9.17, 15) is 0 Å². The molecule has 2 nitrogen and oxygen atoms in total. The highest BCUT2D eigenvalue weighted by atomic mass is 14.8. The zero-order chi connectivity index (χ0) is 8.97. The highest BCUT2D eigenvalue weighted by molar-refractivity contribution is 5.50. The molecule has 0 fully saturated rings. The van der Waals surface area contributed by atoms with Gasteiger partial charge in [0, 0.05) is 12.2 Å². The molecule has 1 rings (SSSR count). The van der Waals surface area contributed by atoms with Gasteiger partial charge in [-0.25, -0.2) is 0 Å². The van der Waals surface area contributed by atoms with Gasteiger partial charge in [0.25, 0.3) is 0 Å². The molecule has 0 amide bonds. The van der Waals surface area contributed by atoms with Gasteiger partial charge >= 0.3 is 0 Å². The largest absolute Gasteiger partial charge is 0.323 e. The maximum absolute atomic E-state index is 5.86. The normalized spacial score (nSPS) is 12.5. The van der Waals surface area contributed by atoms with Crippen LogP contribution in [0, 0.1) is 0 Å². The molecule has 1 aromatic heterocycles. The Bertz CT molecular complexity index is 268. The third-order valence-electron chi connectivity index (χ3n) is 1.88. The predicted octanol–water partition coefficient (Wildman–Crippen LogP) is 2.13. The Hall–Kier alpha value is -1.15. The molecule has 0 aliphatic heterocycles. The van der Waals surface area contributed by atoms with Crippen LogP contribution in [0.5, 0.6) is 0 Å². The van der Waals surface area contributed by atoms with Gasteiger partial charge in [0.05, 0.1) is 5.69 Å². The van der Waals surface area contributed by atoms with Crippen LogP contribution in [0.4, 0.5) is 0 Å². The van der Waals surface area contributed by atoms with Crippen molar-refractivity contribution in [3.63, 3.8) is 0 Å². The van der Waals surface area contributed by atoms with Crippen molar-refractivity contribution < 1.29 is 0 Å². The van der Waals surface area contributed by atoms with Crippen molar-refractivity contribution >= 4 is 6.08 Å². The van der Waals surface area contributed by atoms with Crippen LogP contribution < -0.4 is 5.73 Å². The first kappa shape index (κ1) is 8.94. The zero-order valence-corrected chi connectivity index (χ0v) is 7.33. The Morgan fingerprint density at radius 3 is 3.08 bits per heavy atom. The Kier molecular flexibility index (Phi) is 3.00. The summed E-state index contributed by atoms with van der Waals surface area (Å²) in [7, 11) is 0. The van der Waals surface area contributed by atoms with Crippen molar-refractivity contribution in [3.8, 4) is 0 Å². The van der Waals surface area contributed by atoms with E-state index in [0.717, 1.165) is 17.7 Å². The summed E-state index contributed by atoms with van der Waals surface area (Å²) in [6.45, 7) is 5.76. The minimum atomic E-state index is 0.0270. The van der Waals surface area contributed by atoms with Crippen molar-refractivity contribution in [2.24, 2.45) is 5.73 Å². The molecule has 0 saturated heterocycles. The van der Waals surface area contributed by atoms with Crippen molar-refractivity contribution in [3.05, 3.63) is 36.2 Å². The molecule has 1 aromatic rings. The van der Waals surface area contributed by atoms with E-state index in [1.54, 1.807) is 12.3 Å². The average Bonchev–Trinajstić information content (AvgIpc) is 2.16. The summed E-state index contributed by atoms with van der Waals surface area (Å²) in [5.41, 5.74) is 7.83. The molecule has 0 aliphatic rings.